The summed E-state index contributed by atoms with van der Waals surface area (Å²) in [6.45, 7) is 8.52. The maximum absolute atomic E-state index is 8.31. The number of hydrogen-bond donors (Lipinski definition) is 3. The second kappa shape index (κ2) is 4.66. The molecule has 2 atom stereocenters. The number of hydrogen-bond acceptors (Lipinski definition) is 3. The molecule has 62 valence electrons. The van der Waals surface area contributed by atoms with E-state index in [2.05, 4.69) is 26.2 Å². The summed E-state index contributed by atoms with van der Waals surface area (Å²) in [7, 11) is 0. The normalized spacial score (nSPS) is 17.4. The second-order valence-corrected chi connectivity index (χ2v) is 3.15. The van der Waals surface area contributed by atoms with Gasteiger partial charge in [0, 0.05) is 6.04 Å². The average Bonchev–Trinajstić information content (AvgIpc) is 1.87. The van der Waals surface area contributed by atoms with Crippen molar-refractivity contribution < 1.29 is 5.21 Å². The molecule has 3 nitrogen and oxygen atoms in total. The minimum Gasteiger partial charge on any atom is -0.302 e. The van der Waals surface area contributed by atoms with Crippen LogP contribution in [0.15, 0.2) is 0 Å². The number of hydrazine groups is 1. The van der Waals surface area contributed by atoms with Crippen LogP contribution in [0.3, 0.4) is 0 Å². The van der Waals surface area contributed by atoms with Crippen LogP contribution in [0.5, 0.6) is 0 Å². The molecule has 0 rings (SSSR count). The van der Waals surface area contributed by atoms with Crippen LogP contribution in [0.25, 0.3) is 0 Å². The summed E-state index contributed by atoms with van der Waals surface area (Å²) in [6.07, 6.45) is 0. The summed E-state index contributed by atoms with van der Waals surface area (Å²) in [6, 6.07) is 0.296. The molecule has 2 unspecified atom stereocenters. The smallest absolute Gasteiger partial charge is 0.0234 e. The van der Waals surface area contributed by atoms with Gasteiger partial charge in [0.2, 0.25) is 0 Å². The topological polar surface area (TPSA) is 44.3 Å². The van der Waals surface area contributed by atoms with Gasteiger partial charge in [-0.15, -0.1) is 5.59 Å². The van der Waals surface area contributed by atoms with Crippen LogP contribution in [0.2, 0.25) is 0 Å². The third-order valence-corrected chi connectivity index (χ3v) is 2.13. The van der Waals surface area contributed by atoms with Crippen molar-refractivity contribution in [1.82, 2.24) is 11.0 Å². The van der Waals surface area contributed by atoms with E-state index in [4.69, 9.17) is 5.21 Å². The van der Waals surface area contributed by atoms with Crippen LogP contribution in [-0.2, 0) is 0 Å². The Morgan fingerprint density at radius 3 is 1.90 bits per heavy atom. The van der Waals surface area contributed by atoms with Gasteiger partial charge >= 0.3 is 0 Å². The Morgan fingerprint density at radius 2 is 1.60 bits per heavy atom. The van der Waals surface area contributed by atoms with Crippen molar-refractivity contribution in [2.75, 3.05) is 0 Å². The Hall–Kier alpha value is -0.120. The van der Waals surface area contributed by atoms with Crippen molar-refractivity contribution >= 4 is 0 Å². The Kier molecular flexibility index (Phi) is 4.60. The van der Waals surface area contributed by atoms with Gasteiger partial charge in [-0.1, -0.05) is 20.8 Å². The standard InChI is InChI=1S/C7H18N2O/c1-5(2)6(3)7(4)8-9-10/h5-10H,1-4H3. The third kappa shape index (κ3) is 3.15. The van der Waals surface area contributed by atoms with Gasteiger partial charge in [0.15, 0.2) is 0 Å². The summed E-state index contributed by atoms with van der Waals surface area (Å²) in [5.41, 5.74) is 4.69. The summed E-state index contributed by atoms with van der Waals surface area (Å²) >= 11 is 0. The molecule has 0 saturated heterocycles. The molecule has 0 aliphatic carbocycles. The molecule has 0 aliphatic rings. The molecule has 0 spiro atoms. The Balaban J connectivity index is 3.58. The largest absolute Gasteiger partial charge is 0.302 e. The van der Waals surface area contributed by atoms with Crippen molar-refractivity contribution in [2.24, 2.45) is 11.8 Å². The van der Waals surface area contributed by atoms with Crippen LogP contribution >= 0.6 is 0 Å². The van der Waals surface area contributed by atoms with Crippen molar-refractivity contribution in [1.29, 1.82) is 0 Å². The van der Waals surface area contributed by atoms with Gasteiger partial charge in [-0.05, 0) is 18.8 Å². The zero-order valence-corrected chi connectivity index (χ0v) is 7.18. The molecule has 3 N–H and O–H groups in total. The van der Waals surface area contributed by atoms with Crippen LogP contribution in [0.4, 0.5) is 0 Å². The van der Waals surface area contributed by atoms with Crippen LogP contribution in [0.1, 0.15) is 27.7 Å². The first-order valence-corrected chi connectivity index (χ1v) is 3.74. The molecule has 0 aromatic heterocycles. The van der Waals surface area contributed by atoms with E-state index in [1.165, 1.54) is 0 Å². The molecule has 10 heavy (non-hydrogen) atoms. The van der Waals surface area contributed by atoms with E-state index in [0.717, 1.165) is 0 Å². The zero-order chi connectivity index (χ0) is 8.15. The highest BCUT2D eigenvalue weighted by Crippen LogP contribution is 2.12. The van der Waals surface area contributed by atoms with Crippen molar-refractivity contribution in [2.45, 2.75) is 33.7 Å². The fourth-order valence-corrected chi connectivity index (χ4v) is 0.811. The summed E-state index contributed by atoms with van der Waals surface area (Å²) in [5.74, 6) is 1.19. The average molecular weight is 146 g/mol. The molecule has 0 aliphatic heterocycles. The highest BCUT2D eigenvalue weighted by molar-refractivity contribution is 4.67. The molecular formula is C7H18N2O. The molecule has 0 radical (unpaired) electrons. The maximum atomic E-state index is 8.31. The quantitative estimate of drug-likeness (QED) is 0.521. The van der Waals surface area contributed by atoms with Crippen molar-refractivity contribution in [3.8, 4) is 0 Å². The predicted octanol–water partition coefficient (Wildman–Crippen LogP) is 1.15. The SMILES string of the molecule is CC(C)C(C)C(C)NNO. The highest BCUT2D eigenvalue weighted by atomic mass is 16.5. The number of nitrogens with one attached hydrogen (secondary N) is 2. The summed E-state index contributed by atoms with van der Waals surface area (Å²) < 4.78 is 0. The summed E-state index contributed by atoms with van der Waals surface area (Å²) in [4.78, 5) is 0. The minimum atomic E-state index is 0.296. The molecule has 0 aromatic carbocycles. The molecule has 0 aromatic rings. The van der Waals surface area contributed by atoms with E-state index >= 15 is 0 Å². The van der Waals surface area contributed by atoms with Crippen LogP contribution in [-0.4, -0.2) is 11.2 Å². The lowest BCUT2D eigenvalue weighted by Gasteiger charge is -2.23. The third-order valence-electron chi connectivity index (χ3n) is 2.13. The first-order chi connectivity index (χ1) is 4.59. The van der Waals surface area contributed by atoms with Gasteiger partial charge in [-0.3, -0.25) is 0 Å². The van der Waals surface area contributed by atoms with Gasteiger partial charge in [-0.2, -0.15) is 0 Å². The first-order valence-electron chi connectivity index (χ1n) is 3.74. The van der Waals surface area contributed by atoms with Gasteiger partial charge < -0.3 is 5.21 Å². The molecule has 0 heterocycles. The molecule has 0 saturated carbocycles. The van der Waals surface area contributed by atoms with Crippen LogP contribution in [0, 0.1) is 11.8 Å². The van der Waals surface area contributed by atoms with E-state index in [1.807, 2.05) is 12.5 Å². The monoisotopic (exact) mass is 146 g/mol. The molecule has 0 bridgehead atoms. The maximum Gasteiger partial charge on any atom is 0.0234 e. The Bertz CT molecular complexity index is 85.7. The lowest BCUT2D eigenvalue weighted by Crippen LogP contribution is -2.42. The van der Waals surface area contributed by atoms with Crippen molar-refractivity contribution in [3.63, 3.8) is 0 Å². The fraction of sp³-hybridized carbons (Fsp3) is 1.00. The van der Waals surface area contributed by atoms with E-state index < -0.39 is 0 Å². The highest BCUT2D eigenvalue weighted by Gasteiger charge is 2.14. The van der Waals surface area contributed by atoms with Crippen molar-refractivity contribution in [3.05, 3.63) is 0 Å². The molecule has 0 amide bonds. The van der Waals surface area contributed by atoms with Gasteiger partial charge in [0.05, 0.1) is 0 Å². The minimum absolute atomic E-state index is 0.296. The van der Waals surface area contributed by atoms with Gasteiger partial charge in [0.25, 0.3) is 0 Å². The predicted molar refractivity (Wildman–Crippen MR) is 41.5 cm³/mol. The Morgan fingerprint density at radius 1 is 1.10 bits per heavy atom. The molecule has 0 fully saturated rings. The van der Waals surface area contributed by atoms with Crippen LogP contribution < -0.4 is 11.0 Å². The zero-order valence-electron chi connectivity index (χ0n) is 7.18. The molecular weight excluding hydrogens is 128 g/mol. The van der Waals surface area contributed by atoms with E-state index in [9.17, 15) is 0 Å². The lowest BCUT2D eigenvalue weighted by molar-refractivity contribution is 0.0906. The van der Waals surface area contributed by atoms with Gasteiger partial charge in [-0.25, -0.2) is 5.43 Å². The molecule has 3 heteroatoms. The van der Waals surface area contributed by atoms with E-state index in [1.54, 1.807) is 0 Å². The van der Waals surface area contributed by atoms with E-state index in [0.29, 0.717) is 17.9 Å². The summed E-state index contributed by atoms with van der Waals surface area (Å²) in [5, 5.41) is 8.31. The second-order valence-electron chi connectivity index (χ2n) is 3.15. The van der Waals surface area contributed by atoms with Gasteiger partial charge in [0.1, 0.15) is 0 Å². The Labute approximate surface area is 62.7 Å². The number of rotatable bonds is 4. The fourth-order valence-electron chi connectivity index (χ4n) is 0.811. The van der Waals surface area contributed by atoms with E-state index in [-0.39, 0.29) is 0 Å². The first kappa shape index (κ1) is 9.88. The lowest BCUT2D eigenvalue weighted by atomic mass is 9.92.